The van der Waals surface area contributed by atoms with Crippen LogP contribution in [0.15, 0.2) is 48.5 Å². The Balaban J connectivity index is 1.90. The maximum absolute atomic E-state index is 14.2. The van der Waals surface area contributed by atoms with Gasteiger partial charge < -0.3 is 9.47 Å². The second-order valence-corrected chi connectivity index (χ2v) is 7.31. The normalized spacial score (nSPS) is 20.8. The molecule has 0 amide bonds. The van der Waals surface area contributed by atoms with Crippen molar-refractivity contribution in [1.29, 1.82) is 0 Å². The van der Waals surface area contributed by atoms with E-state index in [1.54, 1.807) is 0 Å². The number of hydrogen-bond acceptors (Lipinski definition) is 5. The summed E-state index contributed by atoms with van der Waals surface area (Å²) in [7, 11) is 1.38. The molecule has 2 aromatic carbocycles. The standard InChI is InChI=1S/C20H11F12NO4/c1-35-12-6-2-10(3-7-12)11-4-8-13(9-5-11)36-14(34)15(21,22)16(23,24)33-17(25,26)19(29,30)37-20(31,32)18(33,27)28/h2-9H,1H3. The van der Waals surface area contributed by atoms with E-state index in [0.29, 0.717) is 16.9 Å². The molecule has 204 valence electrons. The summed E-state index contributed by atoms with van der Waals surface area (Å²) in [5, 5.41) is 0. The highest BCUT2D eigenvalue weighted by Gasteiger charge is 2.90. The molecule has 37 heavy (non-hydrogen) atoms. The molecule has 0 aromatic heterocycles. The van der Waals surface area contributed by atoms with E-state index in [9.17, 15) is 57.5 Å². The summed E-state index contributed by atoms with van der Waals surface area (Å²) in [6.07, 6.45) is -13.6. The van der Waals surface area contributed by atoms with Gasteiger partial charge in [-0.3, -0.25) is 0 Å². The number of benzene rings is 2. The van der Waals surface area contributed by atoms with Gasteiger partial charge in [0.05, 0.1) is 7.11 Å². The van der Waals surface area contributed by atoms with Gasteiger partial charge in [-0.05, 0) is 35.4 Å². The summed E-state index contributed by atoms with van der Waals surface area (Å²) in [5.41, 5.74) is 0.839. The topological polar surface area (TPSA) is 48.0 Å². The van der Waals surface area contributed by atoms with Crippen molar-refractivity contribution in [1.82, 2.24) is 4.90 Å². The molecule has 0 radical (unpaired) electrons. The number of esters is 1. The summed E-state index contributed by atoms with van der Waals surface area (Å²) in [4.78, 5) is 7.95. The summed E-state index contributed by atoms with van der Waals surface area (Å²) in [5.74, 6) is -10.8. The lowest BCUT2D eigenvalue weighted by Crippen LogP contribution is -2.80. The van der Waals surface area contributed by atoms with Crippen LogP contribution >= 0.6 is 0 Å². The Labute approximate surface area is 198 Å². The molecular formula is C20H11F12NO4. The Bertz CT molecular complexity index is 1130. The maximum Gasteiger partial charge on any atom is 0.439 e. The second kappa shape index (κ2) is 8.68. The lowest BCUT2D eigenvalue weighted by atomic mass is 10.1. The zero-order valence-corrected chi connectivity index (χ0v) is 17.7. The van der Waals surface area contributed by atoms with Gasteiger partial charge >= 0.3 is 42.2 Å². The van der Waals surface area contributed by atoms with E-state index in [2.05, 4.69) is 4.74 Å². The van der Waals surface area contributed by atoms with Crippen molar-refractivity contribution < 1.29 is 71.7 Å². The first-order valence-electron chi connectivity index (χ1n) is 9.46. The van der Waals surface area contributed by atoms with Gasteiger partial charge in [-0.1, -0.05) is 29.2 Å². The number of ether oxygens (including phenoxy) is 3. The van der Waals surface area contributed by atoms with Crippen molar-refractivity contribution in [3.8, 4) is 22.6 Å². The predicted octanol–water partition coefficient (Wildman–Crippen LogP) is 6.20. The van der Waals surface area contributed by atoms with E-state index >= 15 is 0 Å². The molecule has 2 aromatic rings. The minimum absolute atomic E-state index is 0.344. The predicted molar refractivity (Wildman–Crippen MR) is 96.7 cm³/mol. The molecule has 17 heteroatoms. The Hall–Kier alpha value is -3.21. The molecule has 1 aliphatic rings. The summed E-state index contributed by atoms with van der Waals surface area (Å²) in [6.45, 7) is 0. The highest BCUT2D eigenvalue weighted by molar-refractivity contribution is 5.81. The third kappa shape index (κ3) is 4.43. The summed E-state index contributed by atoms with van der Waals surface area (Å²) in [6, 6.07) is -11.9. The molecule has 0 aliphatic carbocycles. The minimum Gasteiger partial charge on any atom is -0.497 e. The highest BCUT2D eigenvalue weighted by atomic mass is 19.4. The van der Waals surface area contributed by atoms with Crippen molar-refractivity contribution in [3.05, 3.63) is 48.5 Å². The molecule has 0 bridgehead atoms. The Kier molecular flexibility index (Phi) is 6.65. The molecule has 1 fully saturated rings. The first-order valence-corrected chi connectivity index (χ1v) is 9.46. The zero-order valence-electron chi connectivity index (χ0n) is 17.7. The number of alkyl halides is 12. The van der Waals surface area contributed by atoms with Gasteiger partial charge in [0.1, 0.15) is 11.5 Å². The quantitative estimate of drug-likeness (QED) is 0.183. The monoisotopic (exact) mass is 557 g/mol. The third-order valence-corrected chi connectivity index (χ3v) is 4.92. The highest BCUT2D eigenvalue weighted by Crippen LogP contribution is 2.60. The molecule has 1 heterocycles. The average Bonchev–Trinajstić information content (AvgIpc) is 2.77. The lowest BCUT2D eigenvalue weighted by Gasteiger charge is -2.49. The number of methoxy groups -OCH3 is 1. The number of rotatable bonds is 6. The summed E-state index contributed by atoms with van der Waals surface area (Å²) >= 11 is 0. The van der Waals surface area contributed by atoms with Gasteiger partial charge in [-0.15, -0.1) is 0 Å². The van der Waals surface area contributed by atoms with E-state index in [1.807, 2.05) is 4.74 Å². The van der Waals surface area contributed by atoms with E-state index in [4.69, 9.17) is 4.74 Å². The van der Waals surface area contributed by atoms with Gasteiger partial charge in [-0.25, -0.2) is 9.53 Å². The second-order valence-electron chi connectivity index (χ2n) is 7.31. The number of carbonyl (C=O) groups excluding carboxylic acids is 1. The van der Waals surface area contributed by atoms with E-state index in [0.717, 1.165) is 24.3 Å². The van der Waals surface area contributed by atoms with Crippen LogP contribution in [0.1, 0.15) is 0 Å². The maximum atomic E-state index is 14.2. The van der Waals surface area contributed by atoms with Crippen LogP contribution in [0.4, 0.5) is 52.7 Å². The molecule has 0 unspecified atom stereocenters. The van der Waals surface area contributed by atoms with Gasteiger partial charge in [-0.2, -0.15) is 52.7 Å². The summed E-state index contributed by atoms with van der Waals surface area (Å²) < 4.78 is 175. The molecule has 0 N–H and O–H groups in total. The van der Waals surface area contributed by atoms with Crippen LogP contribution in [0.5, 0.6) is 11.5 Å². The van der Waals surface area contributed by atoms with Crippen LogP contribution in [-0.4, -0.2) is 54.3 Å². The SMILES string of the molecule is COc1ccc(-c2ccc(OC(=O)C(F)(F)C(F)(F)N3C(F)(F)C(F)(F)OC(F)(F)C3(F)F)cc2)cc1. The van der Waals surface area contributed by atoms with Gasteiger partial charge in [0.15, 0.2) is 0 Å². The van der Waals surface area contributed by atoms with Gasteiger partial charge in [0, 0.05) is 0 Å². The number of carbonyl (C=O) groups is 1. The zero-order chi connectivity index (χ0) is 28.2. The molecule has 1 saturated heterocycles. The molecule has 0 saturated carbocycles. The minimum atomic E-state index is -7.36. The molecule has 5 nitrogen and oxygen atoms in total. The third-order valence-electron chi connectivity index (χ3n) is 4.92. The van der Waals surface area contributed by atoms with Crippen LogP contribution in [0.25, 0.3) is 11.1 Å². The first-order chi connectivity index (χ1) is 16.7. The number of halogens is 12. The fourth-order valence-electron chi connectivity index (χ4n) is 3.01. The Morgan fingerprint density at radius 1 is 0.730 bits per heavy atom. The molecule has 1 aliphatic heterocycles. The molecular weight excluding hydrogens is 546 g/mol. The molecule has 0 spiro atoms. The van der Waals surface area contributed by atoms with Crippen LogP contribution in [0.3, 0.4) is 0 Å². The van der Waals surface area contributed by atoms with Crippen molar-refractivity contribution in [2.45, 2.75) is 36.3 Å². The van der Waals surface area contributed by atoms with Crippen LogP contribution < -0.4 is 9.47 Å². The van der Waals surface area contributed by atoms with E-state index in [-0.39, 0.29) is 0 Å². The first kappa shape index (κ1) is 28.4. The Morgan fingerprint density at radius 3 is 1.49 bits per heavy atom. The molecule has 3 rings (SSSR count). The van der Waals surface area contributed by atoms with Gasteiger partial charge in [0.2, 0.25) is 0 Å². The van der Waals surface area contributed by atoms with Crippen molar-refractivity contribution >= 4 is 5.97 Å². The Morgan fingerprint density at radius 2 is 1.11 bits per heavy atom. The van der Waals surface area contributed by atoms with Crippen LogP contribution in [-0.2, 0) is 9.53 Å². The van der Waals surface area contributed by atoms with E-state index in [1.165, 1.54) is 31.4 Å². The van der Waals surface area contributed by atoms with Crippen molar-refractivity contribution in [3.63, 3.8) is 0 Å². The van der Waals surface area contributed by atoms with E-state index < -0.39 is 52.9 Å². The number of morpholine rings is 1. The molecule has 0 atom stereocenters. The number of nitrogens with zero attached hydrogens (tertiary/aromatic N) is 1. The fourth-order valence-corrected chi connectivity index (χ4v) is 3.01. The average molecular weight is 557 g/mol. The lowest BCUT2D eigenvalue weighted by molar-refractivity contribution is -0.591. The number of hydrogen-bond donors (Lipinski definition) is 0. The largest absolute Gasteiger partial charge is 0.497 e. The van der Waals surface area contributed by atoms with Crippen molar-refractivity contribution in [2.24, 2.45) is 0 Å². The van der Waals surface area contributed by atoms with Gasteiger partial charge in [0.25, 0.3) is 0 Å². The van der Waals surface area contributed by atoms with Crippen LogP contribution in [0.2, 0.25) is 0 Å². The smallest absolute Gasteiger partial charge is 0.439 e. The van der Waals surface area contributed by atoms with Crippen LogP contribution in [0, 0.1) is 0 Å². The fraction of sp³-hybridized carbons (Fsp3) is 0.350. The van der Waals surface area contributed by atoms with Crippen molar-refractivity contribution in [2.75, 3.05) is 7.11 Å².